The van der Waals surface area contributed by atoms with Crippen LogP contribution in [0.1, 0.15) is 30.2 Å². The molecule has 1 aromatic heterocycles. The van der Waals surface area contributed by atoms with Crippen LogP contribution in [0.2, 0.25) is 0 Å². The van der Waals surface area contributed by atoms with E-state index in [2.05, 4.69) is 78.0 Å². The molecule has 2 heterocycles. The summed E-state index contributed by atoms with van der Waals surface area (Å²) in [4.78, 5) is 8.29. The Balaban J connectivity index is 0.00000306. The third-order valence-electron chi connectivity index (χ3n) is 5.75. The maximum atomic E-state index is 6.17. The lowest BCUT2D eigenvalue weighted by Gasteiger charge is -2.15. The van der Waals surface area contributed by atoms with Crippen molar-refractivity contribution in [2.24, 2.45) is 10.9 Å². The van der Waals surface area contributed by atoms with Crippen LogP contribution in [0.15, 0.2) is 53.5 Å². The zero-order chi connectivity index (χ0) is 22.2. The highest BCUT2D eigenvalue weighted by Gasteiger charge is 2.17. The second-order valence-corrected chi connectivity index (χ2v) is 8.41. The van der Waals surface area contributed by atoms with Gasteiger partial charge in [0.2, 0.25) is 0 Å². The second-order valence-electron chi connectivity index (χ2n) is 8.41. The van der Waals surface area contributed by atoms with Crippen LogP contribution in [0, 0.1) is 12.8 Å². The van der Waals surface area contributed by atoms with Gasteiger partial charge in [0.25, 0.3) is 0 Å². The number of rotatable bonds is 9. The Hall–Kier alpha value is -2.26. The number of nitrogens with zero attached hydrogens (tertiary/aromatic N) is 1. The normalized spacial score (nSPS) is 15.9. The SMILES string of the molecule is CCNC(=NCc1ccc(C)cc1OCC1CCOC1)NCCc1cc2ccccc2[nH]1.I. The monoisotopic (exact) mass is 562 g/mol. The highest BCUT2D eigenvalue weighted by atomic mass is 127. The van der Waals surface area contributed by atoms with Gasteiger partial charge in [0.1, 0.15) is 5.75 Å². The van der Waals surface area contributed by atoms with Gasteiger partial charge in [0, 0.05) is 48.8 Å². The van der Waals surface area contributed by atoms with Crippen LogP contribution < -0.4 is 15.4 Å². The van der Waals surface area contributed by atoms with Crippen molar-refractivity contribution in [2.75, 3.05) is 32.9 Å². The van der Waals surface area contributed by atoms with E-state index in [1.54, 1.807) is 0 Å². The van der Waals surface area contributed by atoms with Gasteiger partial charge in [-0.05, 0) is 49.4 Å². The molecule has 1 unspecified atom stereocenters. The number of nitrogens with one attached hydrogen (secondary N) is 3. The Morgan fingerprint density at radius 2 is 2.06 bits per heavy atom. The molecule has 0 amide bonds. The third-order valence-corrected chi connectivity index (χ3v) is 5.75. The summed E-state index contributed by atoms with van der Waals surface area (Å²) in [5.74, 6) is 2.23. The molecule has 0 saturated carbocycles. The number of aromatic amines is 1. The Kier molecular flexibility index (Phi) is 9.87. The fourth-order valence-corrected chi connectivity index (χ4v) is 3.94. The van der Waals surface area contributed by atoms with E-state index in [0.29, 0.717) is 19.1 Å². The number of ether oxygens (including phenoxy) is 2. The topological polar surface area (TPSA) is 70.7 Å². The largest absolute Gasteiger partial charge is 0.493 e. The Morgan fingerprint density at radius 3 is 2.85 bits per heavy atom. The Morgan fingerprint density at radius 1 is 1.18 bits per heavy atom. The smallest absolute Gasteiger partial charge is 0.191 e. The predicted octanol–water partition coefficient (Wildman–Crippen LogP) is 4.81. The number of hydrogen-bond donors (Lipinski definition) is 3. The molecule has 1 saturated heterocycles. The predicted molar refractivity (Wildman–Crippen MR) is 146 cm³/mol. The summed E-state index contributed by atoms with van der Waals surface area (Å²) in [6.45, 7) is 8.70. The highest BCUT2D eigenvalue weighted by molar-refractivity contribution is 14.0. The summed E-state index contributed by atoms with van der Waals surface area (Å²) in [6.07, 6.45) is 1.98. The quantitative estimate of drug-likeness (QED) is 0.199. The molecule has 1 aliphatic rings. The minimum Gasteiger partial charge on any atom is -0.493 e. The number of guanidine groups is 1. The van der Waals surface area contributed by atoms with Crippen molar-refractivity contribution in [3.8, 4) is 5.75 Å². The third kappa shape index (κ3) is 7.37. The van der Waals surface area contributed by atoms with E-state index in [1.807, 2.05) is 0 Å². The van der Waals surface area contributed by atoms with Gasteiger partial charge in [-0.3, -0.25) is 0 Å². The van der Waals surface area contributed by atoms with E-state index >= 15 is 0 Å². The van der Waals surface area contributed by atoms with Gasteiger partial charge in [-0.15, -0.1) is 24.0 Å². The lowest BCUT2D eigenvalue weighted by atomic mass is 10.1. The number of aliphatic imine (C=N–C) groups is 1. The maximum Gasteiger partial charge on any atom is 0.191 e. The number of fused-ring (bicyclic) bond motifs is 1. The standard InChI is InChI=1S/C26H34N4O2.HI/c1-3-27-26(28-12-10-23-15-21-6-4-5-7-24(21)30-23)29-16-22-9-8-19(2)14-25(22)32-18-20-11-13-31-17-20;/h4-9,14-15,20,30H,3,10-13,16-18H2,1-2H3,(H2,27,28,29);1H. The number of H-pyrrole nitrogens is 1. The summed E-state index contributed by atoms with van der Waals surface area (Å²) in [7, 11) is 0. The lowest BCUT2D eigenvalue weighted by molar-refractivity contribution is 0.166. The van der Waals surface area contributed by atoms with Crippen molar-refractivity contribution >= 4 is 40.8 Å². The fraction of sp³-hybridized carbons (Fsp3) is 0.423. The highest BCUT2D eigenvalue weighted by Crippen LogP contribution is 2.23. The average Bonchev–Trinajstić information content (AvgIpc) is 3.46. The summed E-state index contributed by atoms with van der Waals surface area (Å²) in [5, 5.41) is 8.05. The number of para-hydroxylation sites is 1. The molecule has 0 aliphatic carbocycles. The first-order chi connectivity index (χ1) is 15.7. The van der Waals surface area contributed by atoms with E-state index in [9.17, 15) is 0 Å². The van der Waals surface area contributed by atoms with Gasteiger partial charge in [-0.25, -0.2) is 4.99 Å². The van der Waals surface area contributed by atoms with E-state index in [1.165, 1.54) is 22.2 Å². The van der Waals surface area contributed by atoms with Crippen LogP contribution in [0.5, 0.6) is 5.75 Å². The lowest BCUT2D eigenvalue weighted by Crippen LogP contribution is -2.38. The van der Waals surface area contributed by atoms with Gasteiger partial charge >= 0.3 is 0 Å². The molecular formula is C26H35IN4O2. The van der Waals surface area contributed by atoms with Crippen molar-refractivity contribution in [1.82, 2.24) is 15.6 Å². The molecule has 3 aromatic rings. The average molecular weight is 562 g/mol. The molecule has 0 bridgehead atoms. The first kappa shape index (κ1) is 25.4. The van der Waals surface area contributed by atoms with Crippen LogP contribution in [0.25, 0.3) is 10.9 Å². The Bertz CT molecular complexity index is 1010. The molecule has 4 rings (SSSR count). The zero-order valence-electron chi connectivity index (χ0n) is 19.5. The number of aryl methyl sites for hydroxylation is 1. The van der Waals surface area contributed by atoms with Crippen molar-refractivity contribution in [1.29, 1.82) is 0 Å². The van der Waals surface area contributed by atoms with Crippen molar-refractivity contribution in [3.63, 3.8) is 0 Å². The fourth-order valence-electron chi connectivity index (χ4n) is 3.94. The molecule has 6 nitrogen and oxygen atoms in total. The van der Waals surface area contributed by atoms with Gasteiger partial charge in [0.05, 0.1) is 19.8 Å². The van der Waals surface area contributed by atoms with Gasteiger partial charge in [-0.2, -0.15) is 0 Å². The van der Waals surface area contributed by atoms with Crippen LogP contribution in [-0.4, -0.2) is 43.9 Å². The Labute approximate surface area is 213 Å². The molecule has 33 heavy (non-hydrogen) atoms. The van der Waals surface area contributed by atoms with Crippen molar-refractivity contribution in [3.05, 3.63) is 65.4 Å². The van der Waals surface area contributed by atoms with Crippen LogP contribution >= 0.6 is 24.0 Å². The molecule has 1 fully saturated rings. The first-order valence-corrected chi connectivity index (χ1v) is 11.6. The van der Waals surface area contributed by atoms with Gasteiger partial charge in [0.15, 0.2) is 5.96 Å². The van der Waals surface area contributed by atoms with E-state index < -0.39 is 0 Å². The molecule has 2 aromatic carbocycles. The number of aromatic nitrogens is 1. The summed E-state index contributed by atoms with van der Waals surface area (Å²) in [5.41, 5.74) is 4.69. The maximum absolute atomic E-state index is 6.17. The number of benzene rings is 2. The van der Waals surface area contributed by atoms with Gasteiger partial charge in [-0.1, -0.05) is 30.3 Å². The number of halogens is 1. The van der Waals surface area contributed by atoms with E-state index in [4.69, 9.17) is 14.5 Å². The van der Waals surface area contributed by atoms with Gasteiger partial charge < -0.3 is 25.1 Å². The van der Waals surface area contributed by atoms with Crippen molar-refractivity contribution < 1.29 is 9.47 Å². The molecule has 0 spiro atoms. The minimum absolute atomic E-state index is 0. The van der Waals surface area contributed by atoms with E-state index in [-0.39, 0.29) is 24.0 Å². The molecule has 7 heteroatoms. The second kappa shape index (κ2) is 12.8. The first-order valence-electron chi connectivity index (χ1n) is 11.6. The van der Waals surface area contributed by atoms with Crippen LogP contribution in [0.3, 0.4) is 0 Å². The van der Waals surface area contributed by atoms with Crippen LogP contribution in [-0.2, 0) is 17.7 Å². The molecule has 3 N–H and O–H groups in total. The summed E-state index contributed by atoms with van der Waals surface area (Å²) >= 11 is 0. The molecule has 178 valence electrons. The van der Waals surface area contributed by atoms with Crippen molar-refractivity contribution in [2.45, 2.75) is 33.2 Å². The zero-order valence-corrected chi connectivity index (χ0v) is 21.9. The molecular weight excluding hydrogens is 527 g/mol. The molecule has 1 atom stereocenters. The molecule has 1 aliphatic heterocycles. The van der Waals surface area contributed by atoms with Crippen LogP contribution in [0.4, 0.5) is 0 Å². The summed E-state index contributed by atoms with van der Waals surface area (Å²) in [6, 6.07) is 16.9. The summed E-state index contributed by atoms with van der Waals surface area (Å²) < 4.78 is 11.6. The van der Waals surface area contributed by atoms with E-state index in [0.717, 1.165) is 56.4 Å². The minimum atomic E-state index is 0. The number of hydrogen-bond acceptors (Lipinski definition) is 3. The molecule has 0 radical (unpaired) electrons.